The summed E-state index contributed by atoms with van der Waals surface area (Å²) in [5, 5.41) is 0. The fourth-order valence-electron chi connectivity index (χ4n) is 2.41. The van der Waals surface area contributed by atoms with Gasteiger partial charge in [0.15, 0.2) is 0 Å². The first-order chi connectivity index (χ1) is 7.86. The maximum atomic E-state index is 4.44. The fraction of sp³-hybridized carbons (Fsp3) is 0.214. The number of nitrogens with zero attached hydrogens (tertiary/aromatic N) is 2. The molecule has 2 heterocycles. The molecule has 0 spiro atoms. The maximum absolute atomic E-state index is 4.44. The van der Waals surface area contributed by atoms with Crippen LogP contribution in [0.5, 0.6) is 0 Å². The molecule has 80 valence electrons. The van der Waals surface area contributed by atoms with Crippen LogP contribution in [0.1, 0.15) is 12.5 Å². The normalized spacial score (nSPS) is 18.6. The van der Waals surface area contributed by atoms with Gasteiger partial charge in [0.2, 0.25) is 0 Å². The van der Waals surface area contributed by atoms with Crippen LogP contribution in [0, 0.1) is 0 Å². The van der Waals surface area contributed by atoms with E-state index in [1.54, 1.807) is 0 Å². The van der Waals surface area contributed by atoms with Gasteiger partial charge in [-0.15, -0.1) is 0 Å². The van der Waals surface area contributed by atoms with Crippen molar-refractivity contribution < 1.29 is 0 Å². The van der Waals surface area contributed by atoms with E-state index in [-0.39, 0.29) is 0 Å². The number of anilines is 2. The fourth-order valence-corrected chi connectivity index (χ4v) is 2.41. The summed E-state index contributed by atoms with van der Waals surface area (Å²) in [7, 11) is 0. The largest absolute Gasteiger partial charge is 0.323 e. The Bertz CT molecular complexity index is 493. The van der Waals surface area contributed by atoms with Crippen molar-refractivity contribution in [1.82, 2.24) is 4.98 Å². The number of benzene rings is 1. The molecule has 1 unspecified atom stereocenters. The lowest BCUT2D eigenvalue weighted by molar-refractivity contribution is 0.750. The third-order valence-corrected chi connectivity index (χ3v) is 3.10. The molecular weight excluding hydrogens is 196 g/mol. The van der Waals surface area contributed by atoms with Gasteiger partial charge in [0.25, 0.3) is 0 Å². The topological polar surface area (TPSA) is 16.1 Å². The standard InChI is InChI=1S/C14H14N2/c1-11-10-12-6-2-3-7-13(12)16(11)14-8-4-5-9-15-14/h2-9,11H,10H2,1H3. The van der Waals surface area contributed by atoms with E-state index in [0.29, 0.717) is 6.04 Å². The minimum absolute atomic E-state index is 0.493. The molecule has 0 radical (unpaired) electrons. The average molecular weight is 210 g/mol. The zero-order chi connectivity index (χ0) is 11.0. The van der Waals surface area contributed by atoms with E-state index in [1.807, 2.05) is 18.3 Å². The second-order valence-corrected chi connectivity index (χ2v) is 4.24. The molecule has 1 aromatic heterocycles. The molecule has 1 aliphatic rings. The van der Waals surface area contributed by atoms with Crippen LogP contribution in [0.2, 0.25) is 0 Å². The molecule has 0 saturated carbocycles. The van der Waals surface area contributed by atoms with Crippen molar-refractivity contribution >= 4 is 11.5 Å². The Morgan fingerprint density at radius 2 is 1.94 bits per heavy atom. The smallest absolute Gasteiger partial charge is 0.133 e. The molecule has 1 aliphatic heterocycles. The SMILES string of the molecule is CC1Cc2ccccc2N1c1ccccn1. The van der Waals surface area contributed by atoms with Gasteiger partial charge in [-0.2, -0.15) is 0 Å². The van der Waals surface area contributed by atoms with Gasteiger partial charge in [-0.05, 0) is 37.1 Å². The maximum Gasteiger partial charge on any atom is 0.133 e. The number of fused-ring (bicyclic) bond motifs is 1. The summed E-state index contributed by atoms with van der Waals surface area (Å²) in [6, 6.07) is 15.1. The molecule has 2 aromatic rings. The van der Waals surface area contributed by atoms with Crippen LogP contribution in [0.15, 0.2) is 48.7 Å². The van der Waals surface area contributed by atoms with Crippen LogP contribution in [0.4, 0.5) is 11.5 Å². The first kappa shape index (κ1) is 9.40. The summed E-state index contributed by atoms with van der Waals surface area (Å²) >= 11 is 0. The van der Waals surface area contributed by atoms with Crippen LogP contribution in [-0.4, -0.2) is 11.0 Å². The lowest BCUT2D eigenvalue weighted by Gasteiger charge is -2.23. The lowest BCUT2D eigenvalue weighted by atomic mass is 10.1. The van der Waals surface area contributed by atoms with Crippen LogP contribution in [0.3, 0.4) is 0 Å². The van der Waals surface area contributed by atoms with Crippen molar-refractivity contribution in [3.05, 3.63) is 54.2 Å². The third-order valence-electron chi connectivity index (χ3n) is 3.10. The van der Waals surface area contributed by atoms with Crippen molar-refractivity contribution in [3.63, 3.8) is 0 Å². The number of para-hydroxylation sites is 1. The molecule has 3 rings (SSSR count). The summed E-state index contributed by atoms with van der Waals surface area (Å²) in [6.07, 6.45) is 2.95. The van der Waals surface area contributed by atoms with Gasteiger partial charge in [-0.3, -0.25) is 0 Å². The summed E-state index contributed by atoms with van der Waals surface area (Å²) in [5.41, 5.74) is 2.72. The van der Waals surface area contributed by atoms with Gasteiger partial charge >= 0.3 is 0 Å². The zero-order valence-electron chi connectivity index (χ0n) is 9.30. The van der Waals surface area contributed by atoms with E-state index in [0.717, 1.165) is 12.2 Å². The van der Waals surface area contributed by atoms with Crippen molar-refractivity contribution in [3.8, 4) is 0 Å². The monoisotopic (exact) mass is 210 g/mol. The first-order valence-electron chi connectivity index (χ1n) is 5.64. The van der Waals surface area contributed by atoms with Gasteiger partial charge in [0.05, 0.1) is 0 Å². The van der Waals surface area contributed by atoms with Crippen LogP contribution in [-0.2, 0) is 6.42 Å². The summed E-state index contributed by atoms with van der Waals surface area (Å²) in [5.74, 6) is 1.04. The second kappa shape index (κ2) is 3.63. The van der Waals surface area contributed by atoms with E-state index >= 15 is 0 Å². The average Bonchev–Trinajstić information content (AvgIpc) is 2.66. The Kier molecular flexibility index (Phi) is 2.13. The molecule has 0 bridgehead atoms. The molecule has 0 fully saturated rings. The number of pyridine rings is 1. The van der Waals surface area contributed by atoms with E-state index < -0.39 is 0 Å². The van der Waals surface area contributed by atoms with Crippen molar-refractivity contribution in [2.45, 2.75) is 19.4 Å². The molecule has 1 atom stereocenters. The van der Waals surface area contributed by atoms with Gasteiger partial charge in [-0.1, -0.05) is 24.3 Å². The molecule has 16 heavy (non-hydrogen) atoms. The number of aromatic nitrogens is 1. The highest BCUT2D eigenvalue weighted by Crippen LogP contribution is 2.36. The van der Waals surface area contributed by atoms with Crippen LogP contribution >= 0.6 is 0 Å². The lowest BCUT2D eigenvalue weighted by Crippen LogP contribution is -2.24. The van der Waals surface area contributed by atoms with Gasteiger partial charge in [-0.25, -0.2) is 4.98 Å². The molecule has 1 aromatic carbocycles. The van der Waals surface area contributed by atoms with Gasteiger partial charge in [0.1, 0.15) is 5.82 Å². The highest BCUT2D eigenvalue weighted by Gasteiger charge is 2.26. The first-order valence-corrected chi connectivity index (χ1v) is 5.64. The third kappa shape index (κ3) is 1.38. The van der Waals surface area contributed by atoms with Crippen molar-refractivity contribution in [1.29, 1.82) is 0 Å². The van der Waals surface area contributed by atoms with E-state index in [9.17, 15) is 0 Å². The highest BCUT2D eigenvalue weighted by molar-refractivity contribution is 5.68. The molecular formula is C14H14N2. The van der Waals surface area contributed by atoms with E-state index in [1.165, 1.54) is 11.3 Å². The minimum Gasteiger partial charge on any atom is -0.323 e. The van der Waals surface area contributed by atoms with Crippen molar-refractivity contribution in [2.24, 2.45) is 0 Å². The van der Waals surface area contributed by atoms with E-state index in [4.69, 9.17) is 0 Å². The summed E-state index contributed by atoms with van der Waals surface area (Å²) in [4.78, 5) is 6.75. The quantitative estimate of drug-likeness (QED) is 0.718. The number of hydrogen-bond donors (Lipinski definition) is 0. The molecule has 2 nitrogen and oxygen atoms in total. The summed E-state index contributed by atoms with van der Waals surface area (Å²) in [6.45, 7) is 2.24. The molecule has 0 aliphatic carbocycles. The molecule has 0 amide bonds. The van der Waals surface area contributed by atoms with Crippen LogP contribution < -0.4 is 4.90 Å². The second-order valence-electron chi connectivity index (χ2n) is 4.24. The van der Waals surface area contributed by atoms with Gasteiger partial charge < -0.3 is 4.90 Å². The Hall–Kier alpha value is -1.83. The number of hydrogen-bond acceptors (Lipinski definition) is 2. The zero-order valence-corrected chi connectivity index (χ0v) is 9.30. The highest BCUT2D eigenvalue weighted by atomic mass is 15.2. The Morgan fingerprint density at radius 3 is 2.75 bits per heavy atom. The number of rotatable bonds is 1. The molecule has 2 heteroatoms. The Labute approximate surface area is 95.6 Å². The van der Waals surface area contributed by atoms with Gasteiger partial charge in [0, 0.05) is 17.9 Å². The predicted molar refractivity (Wildman–Crippen MR) is 66.0 cm³/mol. The van der Waals surface area contributed by atoms with Crippen molar-refractivity contribution in [2.75, 3.05) is 4.90 Å². The molecule has 0 N–H and O–H groups in total. The Balaban J connectivity index is 2.09. The predicted octanol–water partition coefficient (Wildman–Crippen LogP) is 3.16. The summed E-state index contributed by atoms with van der Waals surface area (Å²) < 4.78 is 0. The van der Waals surface area contributed by atoms with E-state index in [2.05, 4.69) is 47.1 Å². The molecule has 0 saturated heterocycles. The van der Waals surface area contributed by atoms with Crippen LogP contribution in [0.25, 0.3) is 0 Å². The Morgan fingerprint density at radius 1 is 1.12 bits per heavy atom. The minimum atomic E-state index is 0.493.